The van der Waals surface area contributed by atoms with Crippen LogP contribution in [0.5, 0.6) is 0 Å². The third kappa shape index (κ3) is 3.67. The van der Waals surface area contributed by atoms with Gasteiger partial charge in [0, 0.05) is 13.1 Å². The van der Waals surface area contributed by atoms with E-state index in [-0.39, 0.29) is 4.90 Å². The van der Waals surface area contributed by atoms with E-state index < -0.39 is 10.0 Å². The van der Waals surface area contributed by atoms with Crippen LogP contribution < -0.4 is 5.32 Å². The molecule has 0 aromatic heterocycles. The lowest BCUT2D eigenvalue weighted by Crippen LogP contribution is -2.39. The fraction of sp³-hybridized carbons (Fsp3) is 0.562. The summed E-state index contributed by atoms with van der Waals surface area (Å²) in [6, 6.07) is 6.84. The molecule has 1 aromatic rings. The van der Waals surface area contributed by atoms with Gasteiger partial charge in [0.2, 0.25) is 10.0 Å². The van der Waals surface area contributed by atoms with Gasteiger partial charge in [-0.2, -0.15) is 9.57 Å². The van der Waals surface area contributed by atoms with E-state index in [1.165, 1.54) is 6.07 Å². The average molecular weight is 321 g/mol. The summed E-state index contributed by atoms with van der Waals surface area (Å²) in [5, 5.41) is 12.1. The van der Waals surface area contributed by atoms with Crippen molar-refractivity contribution in [3.63, 3.8) is 0 Å². The molecule has 1 aliphatic heterocycles. The highest BCUT2D eigenvalue weighted by Crippen LogP contribution is 2.27. The van der Waals surface area contributed by atoms with Crippen LogP contribution in [-0.4, -0.2) is 39.4 Å². The highest BCUT2D eigenvalue weighted by atomic mass is 32.2. The fourth-order valence-electron chi connectivity index (χ4n) is 2.87. The summed E-state index contributed by atoms with van der Waals surface area (Å²) in [5.74, 6) is 0.588. The van der Waals surface area contributed by atoms with E-state index in [4.69, 9.17) is 5.26 Å². The lowest BCUT2D eigenvalue weighted by atomic mass is 9.95. The summed E-state index contributed by atoms with van der Waals surface area (Å²) in [5.41, 5.74) is 1.07. The van der Waals surface area contributed by atoms with Crippen LogP contribution in [0.2, 0.25) is 0 Å². The van der Waals surface area contributed by atoms with Crippen molar-refractivity contribution in [2.75, 3.05) is 26.7 Å². The van der Waals surface area contributed by atoms with Gasteiger partial charge in [-0.1, -0.05) is 6.07 Å². The number of hydrogen-bond acceptors (Lipinski definition) is 4. The molecule has 22 heavy (non-hydrogen) atoms. The Balaban J connectivity index is 2.14. The van der Waals surface area contributed by atoms with Crippen LogP contribution in [0.1, 0.15) is 30.4 Å². The van der Waals surface area contributed by atoms with Crippen molar-refractivity contribution in [1.82, 2.24) is 9.62 Å². The van der Waals surface area contributed by atoms with E-state index in [1.54, 1.807) is 23.4 Å². The Morgan fingerprint density at radius 1 is 1.36 bits per heavy atom. The summed E-state index contributed by atoms with van der Waals surface area (Å²) in [4.78, 5) is 0.264. The molecule has 0 bridgehead atoms. The molecule has 1 fully saturated rings. The van der Waals surface area contributed by atoms with Crippen molar-refractivity contribution in [2.45, 2.75) is 31.1 Å². The number of hydrogen-bond donors (Lipinski definition) is 1. The summed E-state index contributed by atoms with van der Waals surface area (Å²) in [6.07, 6.45) is 2.89. The Hall–Kier alpha value is -1.42. The highest BCUT2D eigenvalue weighted by Gasteiger charge is 2.30. The number of benzene rings is 1. The molecule has 6 heteroatoms. The zero-order valence-electron chi connectivity index (χ0n) is 13.2. The molecule has 2 rings (SSSR count). The lowest BCUT2D eigenvalue weighted by molar-refractivity contribution is 0.263. The molecular formula is C16H23N3O2S. The minimum Gasteiger partial charge on any atom is -0.320 e. The fourth-order valence-corrected chi connectivity index (χ4v) is 4.59. The number of piperidine rings is 1. The van der Waals surface area contributed by atoms with Crippen LogP contribution in [0, 0.1) is 24.2 Å². The molecule has 1 heterocycles. The maximum absolute atomic E-state index is 12.8. The van der Waals surface area contributed by atoms with Gasteiger partial charge >= 0.3 is 0 Å². The molecule has 0 amide bonds. The molecular weight excluding hydrogens is 298 g/mol. The zero-order valence-corrected chi connectivity index (χ0v) is 14.0. The van der Waals surface area contributed by atoms with E-state index in [0.717, 1.165) is 25.8 Å². The first kappa shape index (κ1) is 16.9. The lowest BCUT2D eigenvalue weighted by Gasteiger charge is -2.31. The third-order valence-corrected chi connectivity index (χ3v) is 6.35. The molecule has 0 radical (unpaired) electrons. The second-order valence-electron chi connectivity index (χ2n) is 5.83. The first-order valence-electron chi connectivity index (χ1n) is 7.64. The van der Waals surface area contributed by atoms with Gasteiger partial charge in [-0.05, 0) is 63.4 Å². The van der Waals surface area contributed by atoms with Gasteiger partial charge in [0.1, 0.15) is 0 Å². The average Bonchev–Trinajstić information content (AvgIpc) is 2.53. The van der Waals surface area contributed by atoms with Crippen molar-refractivity contribution in [1.29, 1.82) is 5.26 Å². The first-order chi connectivity index (χ1) is 10.5. The van der Waals surface area contributed by atoms with Gasteiger partial charge in [0.15, 0.2) is 0 Å². The molecule has 0 spiro atoms. The predicted molar refractivity (Wildman–Crippen MR) is 85.9 cm³/mol. The maximum atomic E-state index is 12.8. The number of nitrogens with zero attached hydrogens (tertiary/aromatic N) is 2. The molecule has 0 saturated carbocycles. The van der Waals surface area contributed by atoms with Gasteiger partial charge in [0.25, 0.3) is 0 Å². The van der Waals surface area contributed by atoms with Gasteiger partial charge in [-0.25, -0.2) is 8.42 Å². The van der Waals surface area contributed by atoms with Crippen LogP contribution in [-0.2, 0) is 10.0 Å². The standard InChI is InChI=1S/C16H23N3O2S/c1-13-3-4-15(12-17)11-16(13)22(20,21)19-9-6-14(7-10-19)5-8-18-2/h3-4,11,14,18H,5-10H2,1-2H3. The SMILES string of the molecule is CNCCC1CCN(S(=O)(=O)c2cc(C#N)ccc2C)CC1. The number of aryl methyl sites for hydroxylation is 1. The molecule has 0 aliphatic carbocycles. The number of sulfonamides is 1. The van der Waals surface area contributed by atoms with Gasteiger partial charge in [0.05, 0.1) is 16.5 Å². The van der Waals surface area contributed by atoms with Crippen molar-refractivity contribution in [2.24, 2.45) is 5.92 Å². The highest BCUT2D eigenvalue weighted by molar-refractivity contribution is 7.89. The van der Waals surface area contributed by atoms with Crippen molar-refractivity contribution in [3.05, 3.63) is 29.3 Å². The Kier molecular flexibility index (Phi) is 5.57. The molecule has 1 aromatic carbocycles. The van der Waals surface area contributed by atoms with E-state index in [2.05, 4.69) is 5.32 Å². The van der Waals surface area contributed by atoms with Crippen molar-refractivity contribution in [3.8, 4) is 6.07 Å². The van der Waals surface area contributed by atoms with E-state index in [0.29, 0.717) is 30.1 Å². The zero-order chi connectivity index (χ0) is 16.2. The second kappa shape index (κ2) is 7.23. The first-order valence-corrected chi connectivity index (χ1v) is 9.08. The third-order valence-electron chi connectivity index (χ3n) is 4.31. The number of nitriles is 1. The molecule has 1 aliphatic rings. The number of rotatable bonds is 5. The minimum atomic E-state index is -3.50. The van der Waals surface area contributed by atoms with E-state index >= 15 is 0 Å². The van der Waals surface area contributed by atoms with Crippen LogP contribution in [0.3, 0.4) is 0 Å². The Labute approximate surface area is 133 Å². The monoisotopic (exact) mass is 321 g/mol. The van der Waals surface area contributed by atoms with Crippen LogP contribution in [0.4, 0.5) is 0 Å². The molecule has 0 atom stereocenters. The van der Waals surface area contributed by atoms with Crippen molar-refractivity contribution < 1.29 is 8.42 Å². The Morgan fingerprint density at radius 2 is 2.05 bits per heavy atom. The quantitative estimate of drug-likeness (QED) is 0.898. The van der Waals surface area contributed by atoms with Crippen LogP contribution in [0.25, 0.3) is 0 Å². The Bertz CT molecular complexity index is 656. The van der Waals surface area contributed by atoms with Crippen LogP contribution >= 0.6 is 0 Å². The molecule has 1 N–H and O–H groups in total. The summed E-state index contributed by atoms with van der Waals surface area (Å²) in [6.45, 7) is 3.87. The summed E-state index contributed by atoms with van der Waals surface area (Å²) < 4.78 is 27.2. The smallest absolute Gasteiger partial charge is 0.243 e. The molecule has 5 nitrogen and oxygen atoms in total. The van der Waals surface area contributed by atoms with Gasteiger partial charge in [-0.3, -0.25) is 0 Å². The normalized spacial score (nSPS) is 17.3. The predicted octanol–water partition coefficient (Wildman–Crippen LogP) is 1.88. The molecule has 0 unspecified atom stereocenters. The minimum absolute atomic E-state index is 0.264. The van der Waals surface area contributed by atoms with E-state index in [9.17, 15) is 8.42 Å². The topological polar surface area (TPSA) is 73.2 Å². The van der Waals surface area contributed by atoms with E-state index in [1.807, 2.05) is 13.1 Å². The maximum Gasteiger partial charge on any atom is 0.243 e. The summed E-state index contributed by atoms with van der Waals surface area (Å²) in [7, 11) is -1.57. The number of nitrogens with one attached hydrogen (secondary N) is 1. The summed E-state index contributed by atoms with van der Waals surface area (Å²) >= 11 is 0. The van der Waals surface area contributed by atoms with Gasteiger partial charge in [-0.15, -0.1) is 0 Å². The molecule has 1 saturated heterocycles. The Morgan fingerprint density at radius 3 is 2.64 bits per heavy atom. The molecule has 120 valence electrons. The van der Waals surface area contributed by atoms with Crippen molar-refractivity contribution >= 4 is 10.0 Å². The van der Waals surface area contributed by atoms with Gasteiger partial charge < -0.3 is 5.32 Å². The second-order valence-corrected chi connectivity index (χ2v) is 7.74. The largest absolute Gasteiger partial charge is 0.320 e. The van der Waals surface area contributed by atoms with Crippen LogP contribution in [0.15, 0.2) is 23.1 Å².